The predicted octanol–water partition coefficient (Wildman–Crippen LogP) is 1.79. The van der Waals surface area contributed by atoms with E-state index in [4.69, 9.17) is 0 Å². The van der Waals surface area contributed by atoms with Gasteiger partial charge in [-0.15, -0.1) is 0 Å². The van der Waals surface area contributed by atoms with Crippen molar-refractivity contribution in [2.45, 2.75) is 25.3 Å². The fourth-order valence-electron chi connectivity index (χ4n) is 4.07. The van der Waals surface area contributed by atoms with Crippen molar-refractivity contribution in [2.75, 3.05) is 42.5 Å². The normalized spacial score (nSPS) is 29.2. The zero-order valence-corrected chi connectivity index (χ0v) is 11.0. The average Bonchev–Trinajstić information content (AvgIpc) is 2.77. The molecule has 3 aliphatic rings. The summed E-state index contributed by atoms with van der Waals surface area (Å²) >= 11 is 0. The van der Waals surface area contributed by atoms with Crippen molar-refractivity contribution >= 4 is 11.4 Å². The summed E-state index contributed by atoms with van der Waals surface area (Å²) in [5.74, 6) is 0.713. The van der Waals surface area contributed by atoms with E-state index < -0.39 is 0 Å². The van der Waals surface area contributed by atoms with Crippen LogP contribution in [0.5, 0.6) is 0 Å². The van der Waals surface area contributed by atoms with E-state index in [9.17, 15) is 0 Å². The number of anilines is 2. The first-order chi connectivity index (χ1) is 8.90. The van der Waals surface area contributed by atoms with Gasteiger partial charge in [-0.3, -0.25) is 0 Å². The molecule has 3 heterocycles. The second-order valence-corrected chi connectivity index (χ2v) is 5.65. The molecule has 1 N–H and O–H groups in total. The first-order valence-corrected chi connectivity index (χ1v) is 7.25. The highest BCUT2D eigenvalue weighted by Crippen LogP contribution is 2.49. The summed E-state index contributed by atoms with van der Waals surface area (Å²) in [7, 11) is 0. The van der Waals surface area contributed by atoms with Gasteiger partial charge in [0, 0.05) is 38.1 Å². The van der Waals surface area contributed by atoms with E-state index in [1.807, 2.05) is 0 Å². The number of nitrogens with zero attached hydrogens (tertiary/aromatic N) is 2. The Morgan fingerprint density at radius 3 is 3.17 bits per heavy atom. The maximum absolute atomic E-state index is 3.57. The Morgan fingerprint density at radius 1 is 1.33 bits per heavy atom. The highest BCUT2D eigenvalue weighted by Gasteiger charge is 2.42. The molecule has 1 aromatic carbocycles. The van der Waals surface area contributed by atoms with Gasteiger partial charge >= 0.3 is 0 Å². The van der Waals surface area contributed by atoms with Gasteiger partial charge in [0.05, 0.1) is 11.4 Å². The standard InChI is InChI=1S/C15H21N3/c1-2-17-8-9-18-13-6-7-16-10-12(13)11-4-3-5-14(17)15(11)18/h3-5,12-13,16H,2,6-10H2,1H3. The summed E-state index contributed by atoms with van der Waals surface area (Å²) in [4.78, 5) is 5.22. The molecule has 1 saturated heterocycles. The Morgan fingerprint density at radius 2 is 2.28 bits per heavy atom. The van der Waals surface area contributed by atoms with Crippen LogP contribution >= 0.6 is 0 Å². The van der Waals surface area contributed by atoms with Crippen LogP contribution in [-0.2, 0) is 0 Å². The van der Waals surface area contributed by atoms with Gasteiger partial charge in [-0.25, -0.2) is 0 Å². The number of benzene rings is 1. The Hall–Kier alpha value is -1.22. The quantitative estimate of drug-likeness (QED) is 0.811. The maximum Gasteiger partial charge on any atom is 0.0644 e. The second kappa shape index (κ2) is 3.89. The number of rotatable bonds is 1. The van der Waals surface area contributed by atoms with Crippen molar-refractivity contribution in [1.82, 2.24) is 5.32 Å². The number of hydrogen-bond donors (Lipinski definition) is 1. The molecular formula is C15H21N3. The molecule has 0 saturated carbocycles. The van der Waals surface area contributed by atoms with E-state index in [-0.39, 0.29) is 0 Å². The lowest BCUT2D eigenvalue weighted by Crippen LogP contribution is -2.48. The number of fused-ring (bicyclic) bond motifs is 3. The van der Waals surface area contributed by atoms with E-state index in [2.05, 4.69) is 40.2 Å². The van der Waals surface area contributed by atoms with Crippen LogP contribution in [-0.4, -0.2) is 38.8 Å². The van der Waals surface area contributed by atoms with Gasteiger partial charge in [0.15, 0.2) is 0 Å². The lowest BCUT2D eigenvalue weighted by molar-refractivity contribution is 0.402. The molecule has 0 spiro atoms. The van der Waals surface area contributed by atoms with Crippen LogP contribution in [0.4, 0.5) is 11.4 Å². The zero-order valence-electron chi connectivity index (χ0n) is 11.0. The number of likely N-dealkylation sites (N-methyl/N-ethyl adjacent to an activating group) is 1. The first kappa shape index (κ1) is 10.7. The minimum absolute atomic E-state index is 0.713. The van der Waals surface area contributed by atoms with E-state index in [0.717, 1.165) is 19.1 Å². The van der Waals surface area contributed by atoms with Gasteiger partial charge in [-0.2, -0.15) is 0 Å². The van der Waals surface area contributed by atoms with Crippen LogP contribution in [0.25, 0.3) is 0 Å². The molecule has 0 aliphatic carbocycles. The third-order valence-electron chi connectivity index (χ3n) is 4.91. The largest absolute Gasteiger partial charge is 0.368 e. The van der Waals surface area contributed by atoms with Crippen molar-refractivity contribution in [3.63, 3.8) is 0 Å². The van der Waals surface area contributed by atoms with Crippen molar-refractivity contribution < 1.29 is 0 Å². The van der Waals surface area contributed by atoms with Crippen molar-refractivity contribution in [3.05, 3.63) is 23.8 Å². The molecule has 0 amide bonds. The third-order valence-corrected chi connectivity index (χ3v) is 4.91. The van der Waals surface area contributed by atoms with Gasteiger partial charge in [0.2, 0.25) is 0 Å². The molecule has 1 aromatic rings. The molecule has 0 radical (unpaired) electrons. The van der Waals surface area contributed by atoms with Crippen LogP contribution in [0.2, 0.25) is 0 Å². The van der Waals surface area contributed by atoms with Crippen LogP contribution in [0, 0.1) is 0 Å². The van der Waals surface area contributed by atoms with Crippen LogP contribution < -0.4 is 15.1 Å². The molecule has 0 bridgehead atoms. The van der Waals surface area contributed by atoms with Gasteiger partial charge in [-0.05, 0) is 31.5 Å². The van der Waals surface area contributed by atoms with Crippen LogP contribution in [0.3, 0.4) is 0 Å². The summed E-state index contributed by atoms with van der Waals surface area (Å²) in [6, 6.07) is 7.65. The summed E-state index contributed by atoms with van der Waals surface area (Å²) in [6.07, 6.45) is 1.30. The molecule has 0 aromatic heterocycles. The third kappa shape index (κ3) is 1.28. The minimum atomic E-state index is 0.713. The molecule has 18 heavy (non-hydrogen) atoms. The summed E-state index contributed by atoms with van der Waals surface area (Å²) in [5, 5.41) is 3.57. The SMILES string of the molecule is CCN1CCN2c3c(cccc31)C1CNCCC12. The lowest BCUT2D eigenvalue weighted by Gasteiger charge is -2.40. The first-order valence-electron chi connectivity index (χ1n) is 7.25. The Kier molecular flexibility index (Phi) is 2.31. The highest BCUT2D eigenvalue weighted by atomic mass is 15.3. The smallest absolute Gasteiger partial charge is 0.0644 e. The lowest BCUT2D eigenvalue weighted by atomic mass is 9.90. The summed E-state index contributed by atoms with van der Waals surface area (Å²) < 4.78 is 0. The molecule has 3 aliphatic heterocycles. The van der Waals surface area contributed by atoms with E-state index in [0.29, 0.717) is 5.92 Å². The molecule has 96 valence electrons. The minimum Gasteiger partial charge on any atom is -0.368 e. The number of para-hydroxylation sites is 1. The monoisotopic (exact) mass is 243 g/mol. The maximum atomic E-state index is 3.57. The zero-order chi connectivity index (χ0) is 12.1. The fraction of sp³-hybridized carbons (Fsp3) is 0.600. The van der Waals surface area contributed by atoms with Crippen LogP contribution in [0.15, 0.2) is 18.2 Å². The Labute approximate surface area is 109 Å². The molecule has 3 heteroatoms. The molecular weight excluding hydrogens is 222 g/mol. The van der Waals surface area contributed by atoms with Gasteiger partial charge in [0.25, 0.3) is 0 Å². The predicted molar refractivity (Wildman–Crippen MR) is 75.7 cm³/mol. The fourth-order valence-corrected chi connectivity index (χ4v) is 4.07. The number of piperidine rings is 1. The van der Waals surface area contributed by atoms with Crippen molar-refractivity contribution in [3.8, 4) is 0 Å². The van der Waals surface area contributed by atoms with Crippen LogP contribution in [0.1, 0.15) is 24.8 Å². The average molecular weight is 243 g/mol. The summed E-state index contributed by atoms with van der Waals surface area (Å²) in [6.45, 7) is 8.11. The molecule has 3 nitrogen and oxygen atoms in total. The Bertz CT molecular complexity index is 471. The number of nitrogens with one attached hydrogen (secondary N) is 1. The highest BCUT2D eigenvalue weighted by molar-refractivity contribution is 5.81. The molecule has 4 rings (SSSR count). The molecule has 2 atom stereocenters. The topological polar surface area (TPSA) is 18.5 Å². The number of hydrogen-bond acceptors (Lipinski definition) is 3. The summed E-state index contributed by atoms with van der Waals surface area (Å²) in [5.41, 5.74) is 4.60. The Balaban J connectivity index is 1.86. The molecule has 1 fully saturated rings. The van der Waals surface area contributed by atoms with Gasteiger partial charge < -0.3 is 15.1 Å². The van der Waals surface area contributed by atoms with Crippen molar-refractivity contribution in [2.24, 2.45) is 0 Å². The van der Waals surface area contributed by atoms with E-state index in [1.165, 1.54) is 31.7 Å². The van der Waals surface area contributed by atoms with E-state index >= 15 is 0 Å². The van der Waals surface area contributed by atoms with Gasteiger partial charge in [-0.1, -0.05) is 12.1 Å². The molecule has 2 unspecified atom stereocenters. The van der Waals surface area contributed by atoms with Crippen molar-refractivity contribution in [1.29, 1.82) is 0 Å². The van der Waals surface area contributed by atoms with E-state index in [1.54, 1.807) is 11.3 Å². The second-order valence-electron chi connectivity index (χ2n) is 5.65. The van der Waals surface area contributed by atoms with Gasteiger partial charge in [0.1, 0.15) is 0 Å².